The van der Waals surface area contributed by atoms with E-state index in [2.05, 4.69) is 26.2 Å². The lowest BCUT2D eigenvalue weighted by Gasteiger charge is -2.06. The molecule has 21 heavy (non-hydrogen) atoms. The Balaban J connectivity index is 1.88. The Morgan fingerprint density at radius 3 is 2.81 bits per heavy atom. The number of nitrogens with one attached hydrogen (secondary N) is 2. The van der Waals surface area contributed by atoms with Crippen LogP contribution < -0.4 is 11.1 Å². The van der Waals surface area contributed by atoms with Gasteiger partial charge in [0, 0.05) is 15.7 Å². The molecule has 5 nitrogen and oxygen atoms in total. The number of fused-ring (bicyclic) bond motifs is 1. The molecule has 7 heteroatoms. The van der Waals surface area contributed by atoms with E-state index in [1.807, 2.05) is 0 Å². The second kappa shape index (κ2) is 5.38. The van der Waals surface area contributed by atoms with Gasteiger partial charge in [0.25, 0.3) is 5.91 Å². The number of H-pyrrole nitrogens is 1. The van der Waals surface area contributed by atoms with Gasteiger partial charge in [0.1, 0.15) is 0 Å². The molecule has 0 fully saturated rings. The summed E-state index contributed by atoms with van der Waals surface area (Å²) in [6, 6.07) is 9.79. The van der Waals surface area contributed by atoms with Gasteiger partial charge in [-0.05, 0) is 52.3 Å². The van der Waals surface area contributed by atoms with E-state index in [9.17, 15) is 9.59 Å². The molecule has 0 aliphatic rings. The molecule has 0 atom stereocenters. The Bertz CT molecular complexity index is 901. The number of anilines is 1. The van der Waals surface area contributed by atoms with E-state index in [1.54, 1.807) is 36.4 Å². The second-order valence-corrected chi connectivity index (χ2v) is 5.57. The van der Waals surface area contributed by atoms with Crippen molar-refractivity contribution in [1.29, 1.82) is 0 Å². The van der Waals surface area contributed by atoms with Crippen molar-refractivity contribution in [3.8, 4) is 0 Å². The van der Waals surface area contributed by atoms with Gasteiger partial charge < -0.3 is 9.73 Å². The van der Waals surface area contributed by atoms with Crippen molar-refractivity contribution in [2.75, 3.05) is 5.32 Å². The van der Waals surface area contributed by atoms with Gasteiger partial charge in [0.15, 0.2) is 5.58 Å². The number of carbonyl (C=O) groups is 1. The van der Waals surface area contributed by atoms with Crippen LogP contribution in [0, 0.1) is 0 Å². The summed E-state index contributed by atoms with van der Waals surface area (Å²) in [5, 5.41) is 3.27. The number of halogens is 2. The molecule has 2 N–H and O–H groups in total. The first-order valence-corrected chi connectivity index (χ1v) is 7.09. The van der Waals surface area contributed by atoms with Crippen molar-refractivity contribution >= 4 is 50.2 Å². The molecule has 1 aromatic heterocycles. The van der Waals surface area contributed by atoms with Crippen molar-refractivity contribution in [3.05, 3.63) is 62.0 Å². The molecule has 0 saturated carbocycles. The van der Waals surface area contributed by atoms with Crippen LogP contribution in [0.1, 0.15) is 10.4 Å². The smallest absolute Gasteiger partial charge is 0.408 e. The highest BCUT2D eigenvalue weighted by Gasteiger charge is 2.09. The van der Waals surface area contributed by atoms with Crippen LogP contribution in [0.2, 0.25) is 5.02 Å². The fourth-order valence-electron chi connectivity index (χ4n) is 1.87. The van der Waals surface area contributed by atoms with Crippen molar-refractivity contribution in [2.45, 2.75) is 0 Å². The summed E-state index contributed by atoms with van der Waals surface area (Å²) in [7, 11) is 0. The van der Waals surface area contributed by atoms with Crippen molar-refractivity contribution in [1.82, 2.24) is 4.98 Å². The van der Waals surface area contributed by atoms with Crippen LogP contribution in [0.15, 0.2) is 50.1 Å². The lowest BCUT2D eigenvalue weighted by Crippen LogP contribution is -2.11. The molecule has 106 valence electrons. The predicted octanol–water partition coefficient (Wildman–Crippen LogP) is 3.79. The van der Waals surface area contributed by atoms with E-state index in [0.717, 1.165) is 0 Å². The van der Waals surface area contributed by atoms with Gasteiger partial charge in [-0.25, -0.2) is 4.79 Å². The molecule has 0 aliphatic carbocycles. The molecule has 1 heterocycles. The minimum atomic E-state index is -0.532. The minimum Gasteiger partial charge on any atom is -0.408 e. The molecule has 0 spiro atoms. The number of carbonyl (C=O) groups excluding carboxylic acids is 1. The highest BCUT2D eigenvalue weighted by molar-refractivity contribution is 9.10. The molecule has 0 aliphatic heterocycles. The lowest BCUT2D eigenvalue weighted by atomic mass is 10.2. The third kappa shape index (κ3) is 2.86. The van der Waals surface area contributed by atoms with Crippen LogP contribution in [0.5, 0.6) is 0 Å². The van der Waals surface area contributed by atoms with E-state index >= 15 is 0 Å². The van der Waals surface area contributed by atoms with Crippen LogP contribution in [-0.4, -0.2) is 10.9 Å². The molecule has 0 bridgehead atoms. The monoisotopic (exact) mass is 366 g/mol. The Morgan fingerprint density at radius 2 is 2.05 bits per heavy atom. The standard InChI is InChI=1S/C14H8BrClN2O3/c15-9-5-7(1-3-10(9)16)13(19)17-8-2-4-12-11(6-8)18-14(20)21-12/h1-6H,(H,17,19)(H,18,20). The molecular weight excluding hydrogens is 360 g/mol. The maximum atomic E-state index is 12.1. The number of aromatic nitrogens is 1. The van der Waals surface area contributed by atoms with Crippen LogP contribution in [0.25, 0.3) is 11.1 Å². The summed E-state index contributed by atoms with van der Waals surface area (Å²) in [5.41, 5.74) is 1.98. The quantitative estimate of drug-likeness (QED) is 0.723. The number of hydrogen-bond donors (Lipinski definition) is 2. The van der Waals surface area contributed by atoms with E-state index in [1.165, 1.54) is 0 Å². The lowest BCUT2D eigenvalue weighted by molar-refractivity contribution is 0.102. The zero-order valence-electron chi connectivity index (χ0n) is 10.4. The third-order valence-corrected chi connectivity index (χ3v) is 4.07. The van der Waals surface area contributed by atoms with Crippen LogP contribution in [0.3, 0.4) is 0 Å². The van der Waals surface area contributed by atoms with Crippen LogP contribution in [0.4, 0.5) is 5.69 Å². The molecule has 2 aromatic carbocycles. The fraction of sp³-hybridized carbons (Fsp3) is 0. The zero-order valence-corrected chi connectivity index (χ0v) is 12.8. The number of hydrogen-bond acceptors (Lipinski definition) is 3. The SMILES string of the molecule is O=C(Nc1ccc2oc(=O)[nH]c2c1)c1ccc(Cl)c(Br)c1. The van der Waals surface area contributed by atoms with Gasteiger partial charge in [0.2, 0.25) is 0 Å². The average molecular weight is 368 g/mol. The predicted molar refractivity (Wildman–Crippen MR) is 83.9 cm³/mol. The Kier molecular flexibility index (Phi) is 3.57. The van der Waals surface area contributed by atoms with Gasteiger partial charge in [-0.3, -0.25) is 9.78 Å². The molecule has 1 amide bonds. The number of amides is 1. The summed E-state index contributed by atoms with van der Waals surface area (Å²) < 4.78 is 5.54. The van der Waals surface area contributed by atoms with E-state index in [-0.39, 0.29) is 5.91 Å². The van der Waals surface area contributed by atoms with Gasteiger partial charge in [-0.1, -0.05) is 11.6 Å². The second-order valence-electron chi connectivity index (χ2n) is 4.31. The van der Waals surface area contributed by atoms with Crippen molar-refractivity contribution < 1.29 is 9.21 Å². The van der Waals surface area contributed by atoms with Gasteiger partial charge in [-0.2, -0.15) is 0 Å². The summed E-state index contributed by atoms with van der Waals surface area (Å²) in [4.78, 5) is 25.8. The number of benzene rings is 2. The first-order chi connectivity index (χ1) is 10.0. The first kappa shape index (κ1) is 13.9. The maximum Gasteiger partial charge on any atom is 0.417 e. The highest BCUT2D eigenvalue weighted by Crippen LogP contribution is 2.24. The summed E-state index contributed by atoms with van der Waals surface area (Å²) in [6.07, 6.45) is 0. The number of rotatable bonds is 2. The molecule has 0 unspecified atom stereocenters. The van der Waals surface area contributed by atoms with Crippen molar-refractivity contribution in [3.63, 3.8) is 0 Å². The van der Waals surface area contributed by atoms with Gasteiger partial charge >= 0.3 is 5.76 Å². The van der Waals surface area contributed by atoms with E-state index in [0.29, 0.717) is 31.8 Å². The molecule has 3 rings (SSSR count). The van der Waals surface area contributed by atoms with Gasteiger partial charge in [-0.15, -0.1) is 0 Å². The van der Waals surface area contributed by atoms with E-state index < -0.39 is 5.76 Å². The molecule has 3 aromatic rings. The summed E-state index contributed by atoms with van der Waals surface area (Å²) >= 11 is 9.16. The summed E-state index contributed by atoms with van der Waals surface area (Å²) in [6.45, 7) is 0. The number of oxazole rings is 1. The number of aromatic amines is 1. The highest BCUT2D eigenvalue weighted by atomic mass is 79.9. The fourth-order valence-corrected chi connectivity index (χ4v) is 2.37. The Labute approximate surface area is 132 Å². The average Bonchev–Trinajstić information content (AvgIpc) is 2.81. The van der Waals surface area contributed by atoms with E-state index in [4.69, 9.17) is 16.0 Å². The third-order valence-electron chi connectivity index (χ3n) is 2.86. The molecule has 0 saturated heterocycles. The van der Waals surface area contributed by atoms with Crippen LogP contribution in [-0.2, 0) is 0 Å². The minimum absolute atomic E-state index is 0.280. The largest absolute Gasteiger partial charge is 0.417 e. The molecular formula is C14H8BrClN2O3. The normalized spacial score (nSPS) is 10.8. The first-order valence-electron chi connectivity index (χ1n) is 5.92. The zero-order chi connectivity index (χ0) is 15.0. The maximum absolute atomic E-state index is 12.1. The van der Waals surface area contributed by atoms with Crippen molar-refractivity contribution in [2.24, 2.45) is 0 Å². The topological polar surface area (TPSA) is 75.1 Å². The Hall–Kier alpha value is -2.05. The van der Waals surface area contributed by atoms with Crippen LogP contribution >= 0.6 is 27.5 Å². The molecule has 0 radical (unpaired) electrons. The van der Waals surface area contributed by atoms with Gasteiger partial charge in [0.05, 0.1) is 10.5 Å². The Morgan fingerprint density at radius 1 is 1.24 bits per heavy atom. The summed E-state index contributed by atoms with van der Waals surface area (Å²) in [5.74, 6) is -0.812.